The molecule has 178 valence electrons. The molecule has 3 aromatic rings. The molecule has 1 saturated heterocycles. The van der Waals surface area contributed by atoms with E-state index in [0.717, 1.165) is 43.2 Å². The van der Waals surface area contributed by atoms with Crippen LogP contribution in [0.1, 0.15) is 35.4 Å². The van der Waals surface area contributed by atoms with Gasteiger partial charge in [-0.2, -0.15) is 0 Å². The number of benzene rings is 3. The summed E-state index contributed by atoms with van der Waals surface area (Å²) in [5, 5.41) is 0.766. The number of amides is 1. The van der Waals surface area contributed by atoms with Gasteiger partial charge in [0.1, 0.15) is 0 Å². The number of halogens is 1. The zero-order valence-electron chi connectivity index (χ0n) is 19.8. The Labute approximate surface area is 212 Å². The second-order valence-corrected chi connectivity index (χ2v) is 10.7. The molecule has 0 aliphatic carbocycles. The lowest BCUT2D eigenvalue weighted by atomic mass is 9.86. The molecule has 2 N–H and O–H groups in total. The van der Waals surface area contributed by atoms with E-state index >= 15 is 0 Å². The molecule has 6 heteroatoms. The Morgan fingerprint density at radius 1 is 1.03 bits per heavy atom. The van der Waals surface area contributed by atoms with Crippen molar-refractivity contribution in [3.05, 3.63) is 88.4 Å². The van der Waals surface area contributed by atoms with Crippen LogP contribution in [0.25, 0.3) is 0 Å². The molecule has 0 unspecified atom stereocenters. The zero-order valence-corrected chi connectivity index (χ0v) is 21.4. The van der Waals surface area contributed by atoms with E-state index < -0.39 is 0 Å². The number of carbonyl (C=O) groups is 1. The first-order valence-corrected chi connectivity index (χ1v) is 12.9. The van der Waals surface area contributed by atoms with E-state index in [0.29, 0.717) is 5.92 Å². The van der Waals surface area contributed by atoms with Crippen LogP contribution in [0, 0.1) is 6.92 Å². The van der Waals surface area contributed by atoms with E-state index in [2.05, 4.69) is 66.4 Å². The molecule has 1 fully saturated rings. The summed E-state index contributed by atoms with van der Waals surface area (Å²) in [6, 6.07) is 23.4. The van der Waals surface area contributed by atoms with Crippen LogP contribution >= 0.6 is 23.4 Å². The lowest BCUT2D eigenvalue weighted by molar-refractivity contribution is -0.116. The topological polar surface area (TPSA) is 49.6 Å². The summed E-state index contributed by atoms with van der Waals surface area (Å²) in [4.78, 5) is 18.2. The van der Waals surface area contributed by atoms with Gasteiger partial charge in [-0.3, -0.25) is 9.69 Å². The minimum atomic E-state index is -0.311. The lowest BCUT2D eigenvalue weighted by Crippen LogP contribution is -2.33. The highest BCUT2D eigenvalue weighted by Gasteiger charge is 2.22. The second kappa shape index (κ2) is 11.3. The van der Waals surface area contributed by atoms with Gasteiger partial charge in [-0.25, -0.2) is 0 Å². The molecule has 1 aliphatic rings. The molecule has 34 heavy (non-hydrogen) atoms. The normalized spacial score (nSPS) is 14.8. The number of nitrogens with zero attached hydrogens (tertiary/aromatic N) is 2. The van der Waals surface area contributed by atoms with E-state index in [9.17, 15) is 4.79 Å². The van der Waals surface area contributed by atoms with Crippen molar-refractivity contribution in [2.75, 3.05) is 31.6 Å². The molecule has 4 nitrogen and oxygen atoms in total. The number of likely N-dealkylation sites (N-methyl/N-ethyl adjacent to an activating group) is 1. The first-order valence-electron chi connectivity index (χ1n) is 11.7. The predicted octanol–water partition coefficient (Wildman–Crippen LogP) is 6.10. The van der Waals surface area contributed by atoms with Crippen LogP contribution in [0.2, 0.25) is 5.02 Å². The Kier molecular flexibility index (Phi) is 8.19. The van der Waals surface area contributed by atoms with E-state index in [4.69, 9.17) is 17.3 Å². The van der Waals surface area contributed by atoms with E-state index in [1.807, 2.05) is 24.1 Å². The van der Waals surface area contributed by atoms with Gasteiger partial charge in [0.2, 0.25) is 5.91 Å². The largest absolute Gasteiger partial charge is 0.368 e. The standard InChI is InChI=1S/C28H32ClN3OS/c1-20-3-8-24(31(2)19-28(30)33)17-27(20)22-13-15-32(16-14-22)18-21-4-9-25(10-5-21)34-26-11-6-23(29)7-12-26/h3-12,17,22H,13-16,18-19H2,1-2H3,(H2,30,33). The molecule has 1 amide bonds. The van der Waals surface area contributed by atoms with Gasteiger partial charge in [0.05, 0.1) is 6.54 Å². The number of rotatable bonds is 8. The Morgan fingerprint density at radius 2 is 1.65 bits per heavy atom. The molecule has 1 heterocycles. The van der Waals surface area contributed by atoms with Crippen LogP contribution in [0.4, 0.5) is 5.69 Å². The van der Waals surface area contributed by atoms with Crippen molar-refractivity contribution in [2.24, 2.45) is 5.73 Å². The Morgan fingerprint density at radius 3 is 2.26 bits per heavy atom. The van der Waals surface area contributed by atoms with E-state index in [1.165, 1.54) is 26.5 Å². The fourth-order valence-electron chi connectivity index (χ4n) is 4.59. The number of likely N-dealkylation sites (tertiary alicyclic amines) is 1. The van der Waals surface area contributed by atoms with Crippen LogP contribution in [-0.4, -0.2) is 37.5 Å². The van der Waals surface area contributed by atoms with Crippen molar-refractivity contribution in [1.82, 2.24) is 4.90 Å². The van der Waals surface area contributed by atoms with Gasteiger partial charge in [0.25, 0.3) is 0 Å². The van der Waals surface area contributed by atoms with Crippen molar-refractivity contribution in [1.29, 1.82) is 0 Å². The van der Waals surface area contributed by atoms with Gasteiger partial charge in [-0.05, 0) is 104 Å². The molecular weight excluding hydrogens is 462 g/mol. The van der Waals surface area contributed by atoms with Gasteiger partial charge in [-0.15, -0.1) is 0 Å². The van der Waals surface area contributed by atoms with Crippen molar-refractivity contribution < 1.29 is 4.79 Å². The quantitative estimate of drug-likeness (QED) is 0.412. The van der Waals surface area contributed by atoms with E-state index in [1.54, 1.807) is 11.8 Å². The van der Waals surface area contributed by atoms with Crippen molar-refractivity contribution >= 4 is 35.0 Å². The number of nitrogens with two attached hydrogens (primary N) is 1. The summed E-state index contributed by atoms with van der Waals surface area (Å²) in [6.45, 7) is 5.58. The average Bonchev–Trinajstić information content (AvgIpc) is 2.82. The summed E-state index contributed by atoms with van der Waals surface area (Å²) < 4.78 is 0. The van der Waals surface area contributed by atoms with Crippen LogP contribution in [-0.2, 0) is 11.3 Å². The third-order valence-electron chi connectivity index (χ3n) is 6.50. The number of carbonyl (C=O) groups excluding carboxylic acids is 1. The smallest absolute Gasteiger partial charge is 0.236 e. The average molecular weight is 494 g/mol. The molecule has 0 spiro atoms. The molecule has 0 radical (unpaired) electrons. The minimum Gasteiger partial charge on any atom is -0.368 e. The number of primary amides is 1. The third kappa shape index (κ3) is 6.56. The molecule has 3 aromatic carbocycles. The maximum atomic E-state index is 11.3. The first kappa shape index (κ1) is 24.6. The van der Waals surface area contributed by atoms with Crippen molar-refractivity contribution in [3.8, 4) is 0 Å². The molecule has 0 saturated carbocycles. The lowest BCUT2D eigenvalue weighted by Gasteiger charge is -2.33. The molecule has 4 rings (SSSR count). The minimum absolute atomic E-state index is 0.234. The van der Waals surface area contributed by atoms with Gasteiger partial charge in [0, 0.05) is 34.1 Å². The fourth-order valence-corrected chi connectivity index (χ4v) is 5.53. The SMILES string of the molecule is Cc1ccc(N(C)CC(N)=O)cc1C1CCN(Cc2ccc(Sc3ccc(Cl)cc3)cc2)CC1. The van der Waals surface area contributed by atoms with Crippen LogP contribution < -0.4 is 10.6 Å². The Hall–Kier alpha value is -2.47. The number of hydrogen-bond acceptors (Lipinski definition) is 4. The fraction of sp³-hybridized carbons (Fsp3) is 0.321. The summed E-state index contributed by atoms with van der Waals surface area (Å²) in [6.07, 6.45) is 2.29. The Bertz CT molecular complexity index is 1110. The van der Waals surface area contributed by atoms with Crippen LogP contribution in [0.15, 0.2) is 76.5 Å². The number of piperidine rings is 1. The van der Waals surface area contributed by atoms with Crippen molar-refractivity contribution in [2.45, 2.75) is 42.0 Å². The maximum absolute atomic E-state index is 11.3. The van der Waals surface area contributed by atoms with Gasteiger partial charge < -0.3 is 10.6 Å². The highest BCUT2D eigenvalue weighted by atomic mass is 35.5. The molecule has 0 bridgehead atoms. The van der Waals surface area contributed by atoms with Gasteiger partial charge >= 0.3 is 0 Å². The Balaban J connectivity index is 1.32. The van der Waals surface area contributed by atoms with Gasteiger partial charge in [-0.1, -0.05) is 41.6 Å². The molecule has 1 aliphatic heterocycles. The highest BCUT2D eigenvalue weighted by molar-refractivity contribution is 7.99. The van der Waals surface area contributed by atoms with Gasteiger partial charge in [0.15, 0.2) is 0 Å². The molecule has 0 aromatic heterocycles. The first-order chi connectivity index (χ1) is 16.4. The summed E-state index contributed by atoms with van der Waals surface area (Å²) in [5.74, 6) is 0.242. The highest BCUT2D eigenvalue weighted by Crippen LogP contribution is 2.33. The zero-order chi connectivity index (χ0) is 24.1. The predicted molar refractivity (Wildman–Crippen MR) is 143 cm³/mol. The molecular formula is C28H32ClN3OS. The van der Waals surface area contributed by atoms with Crippen molar-refractivity contribution in [3.63, 3.8) is 0 Å². The number of aryl methyl sites for hydroxylation is 1. The third-order valence-corrected chi connectivity index (χ3v) is 7.77. The van der Waals surface area contributed by atoms with Crippen LogP contribution in [0.5, 0.6) is 0 Å². The summed E-state index contributed by atoms with van der Waals surface area (Å²) >= 11 is 7.74. The summed E-state index contributed by atoms with van der Waals surface area (Å²) in [5.41, 5.74) is 10.5. The van der Waals surface area contributed by atoms with E-state index in [-0.39, 0.29) is 12.5 Å². The summed E-state index contributed by atoms with van der Waals surface area (Å²) in [7, 11) is 1.92. The number of anilines is 1. The number of hydrogen-bond donors (Lipinski definition) is 1. The maximum Gasteiger partial charge on any atom is 0.236 e. The monoisotopic (exact) mass is 493 g/mol. The second-order valence-electron chi connectivity index (χ2n) is 9.11. The molecule has 0 atom stereocenters. The van der Waals surface area contributed by atoms with Crippen LogP contribution in [0.3, 0.4) is 0 Å².